The van der Waals surface area contributed by atoms with Gasteiger partial charge in [-0.15, -0.1) is 0 Å². The summed E-state index contributed by atoms with van der Waals surface area (Å²) >= 11 is 0. The minimum absolute atomic E-state index is 0.188. The molecule has 0 aliphatic carbocycles. The van der Waals surface area contributed by atoms with Crippen molar-refractivity contribution >= 4 is 33.2 Å². The molecule has 0 aliphatic rings. The Morgan fingerprint density at radius 2 is 1.50 bits per heavy atom. The van der Waals surface area contributed by atoms with Gasteiger partial charge < -0.3 is 15.4 Å². The number of ether oxygens (including phenoxy) is 1. The number of halogens is 1. The second-order valence-corrected chi connectivity index (χ2v) is 10.7. The van der Waals surface area contributed by atoms with Crippen LogP contribution in [0.3, 0.4) is 0 Å². The van der Waals surface area contributed by atoms with Crippen LogP contribution in [0.5, 0.6) is 5.75 Å². The summed E-state index contributed by atoms with van der Waals surface area (Å²) in [7, 11) is -2.79. The second kappa shape index (κ2) is 12.4. The van der Waals surface area contributed by atoms with Crippen molar-refractivity contribution in [3.8, 4) is 5.75 Å². The molecular formula is C30H28FN3O5S. The molecule has 0 aromatic heterocycles. The van der Waals surface area contributed by atoms with E-state index in [4.69, 9.17) is 4.74 Å². The first-order chi connectivity index (χ1) is 19.2. The van der Waals surface area contributed by atoms with Crippen LogP contribution in [-0.2, 0) is 14.8 Å². The zero-order valence-corrected chi connectivity index (χ0v) is 22.7. The van der Waals surface area contributed by atoms with Gasteiger partial charge in [0, 0.05) is 0 Å². The largest absolute Gasteiger partial charge is 0.497 e. The van der Waals surface area contributed by atoms with Gasteiger partial charge >= 0.3 is 0 Å². The van der Waals surface area contributed by atoms with Crippen LogP contribution in [0.1, 0.15) is 28.9 Å². The summed E-state index contributed by atoms with van der Waals surface area (Å²) in [5.74, 6) is -1.18. The summed E-state index contributed by atoms with van der Waals surface area (Å²) in [4.78, 5) is 26.1. The summed E-state index contributed by atoms with van der Waals surface area (Å²) in [5, 5.41) is 5.58. The molecule has 8 nitrogen and oxygen atoms in total. The summed E-state index contributed by atoms with van der Waals surface area (Å²) in [6, 6.07) is 26.0. The van der Waals surface area contributed by atoms with Crippen molar-refractivity contribution in [1.82, 2.24) is 5.32 Å². The number of carbonyl (C=O) groups excluding carboxylic acids is 2. The maximum atomic E-state index is 13.5. The lowest BCUT2D eigenvalue weighted by Gasteiger charge is -2.24. The molecule has 0 aliphatic heterocycles. The molecule has 4 rings (SSSR count). The van der Waals surface area contributed by atoms with E-state index in [0.717, 1.165) is 34.1 Å². The maximum absolute atomic E-state index is 13.5. The number of methoxy groups -OCH3 is 1. The zero-order chi connectivity index (χ0) is 28.7. The standard InChI is InChI=1S/C30H28FN3O5S/c1-21(22-8-4-3-5-9-22)32-30(36)27-10-6-7-11-28(27)33-29(35)20-34(24-14-16-25(39-2)17-15-24)40(37,38)26-18-12-23(31)13-19-26/h3-19,21H,20H2,1-2H3,(H,32,36)(H,33,35)/t21-/m0/s1. The van der Waals surface area contributed by atoms with Crippen molar-refractivity contribution in [3.05, 3.63) is 120 Å². The molecule has 0 saturated heterocycles. The third kappa shape index (κ3) is 6.65. The van der Waals surface area contributed by atoms with Gasteiger partial charge in [0.05, 0.1) is 35.0 Å². The molecule has 0 fully saturated rings. The number of benzene rings is 4. The first-order valence-corrected chi connectivity index (χ1v) is 13.8. The van der Waals surface area contributed by atoms with Gasteiger partial charge in [0.2, 0.25) is 5.91 Å². The predicted molar refractivity (Wildman–Crippen MR) is 151 cm³/mol. The van der Waals surface area contributed by atoms with Crippen LogP contribution in [0.15, 0.2) is 108 Å². The number of para-hydroxylation sites is 1. The molecule has 0 radical (unpaired) electrons. The third-order valence-corrected chi connectivity index (χ3v) is 7.93. The number of nitrogens with zero attached hydrogens (tertiary/aromatic N) is 1. The molecule has 4 aromatic rings. The van der Waals surface area contributed by atoms with Gasteiger partial charge in [-0.3, -0.25) is 13.9 Å². The Kier molecular flexibility index (Phi) is 8.80. The lowest BCUT2D eigenvalue weighted by Crippen LogP contribution is -2.38. The first kappa shape index (κ1) is 28.3. The fourth-order valence-electron chi connectivity index (χ4n) is 4.01. The molecule has 1 atom stereocenters. The fraction of sp³-hybridized carbons (Fsp3) is 0.133. The molecule has 10 heteroatoms. The molecule has 40 heavy (non-hydrogen) atoms. The van der Waals surface area contributed by atoms with Crippen LogP contribution >= 0.6 is 0 Å². The van der Waals surface area contributed by atoms with E-state index in [1.165, 1.54) is 19.2 Å². The van der Waals surface area contributed by atoms with E-state index >= 15 is 0 Å². The molecule has 0 bridgehead atoms. The number of sulfonamides is 1. The van der Waals surface area contributed by atoms with Gasteiger partial charge in [0.25, 0.3) is 15.9 Å². The van der Waals surface area contributed by atoms with Gasteiger partial charge in [0.1, 0.15) is 18.1 Å². The Hall–Kier alpha value is -4.70. The topological polar surface area (TPSA) is 105 Å². The highest BCUT2D eigenvalue weighted by atomic mass is 32.2. The van der Waals surface area contributed by atoms with Crippen LogP contribution in [-0.4, -0.2) is 33.9 Å². The van der Waals surface area contributed by atoms with Crippen LogP contribution < -0.4 is 19.7 Å². The molecule has 206 valence electrons. The number of carbonyl (C=O) groups is 2. The van der Waals surface area contributed by atoms with Gasteiger partial charge in [-0.1, -0.05) is 42.5 Å². The van der Waals surface area contributed by atoms with Crippen molar-refractivity contribution in [3.63, 3.8) is 0 Å². The van der Waals surface area contributed by atoms with Gasteiger partial charge in [-0.2, -0.15) is 0 Å². The summed E-state index contributed by atoms with van der Waals surface area (Å²) in [6.45, 7) is 1.24. The molecule has 0 unspecified atom stereocenters. The Morgan fingerprint density at radius 1 is 0.875 bits per heavy atom. The molecule has 0 spiro atoms. The lowest BCUT2D eigenvalue weighted by molar-refractivity contribution is -0.114. The minimum atomic E-state index is -4.27. The molecule has 2 N–H and O–H groups in total. The molecule has 0 saturated carbocycles. The van der Waals surface area contributed by atoms with Crippen LogP contribution in [0.25, 0.3) is 0 Å². The molecule has 0 heterocycles. The van der Waals surface area contributed by atoms with Gasteiger partial charge in [-0.25, -0.2) is 12.8 Å². The summed E-state index contributed by atoms with van der Waals surface area (Å²) < 4.78 is 46.7. The number of rotatable bonds is 10. The van der Waals surface area contributed by atoms with E-state index in [9.17, 15) is 22.4 Å². The van der Waals surface area contributed by atoms with Crippen LogP contribution in [0.4, 0.5) is 15.8 Å². The van der Waals surface area contributed by atoms with Crippen molar-refractivity contribution in [2.75, 3.05) is 23.3 Å². The SMILES string of the molecule is COc1ccc(N(CC(=O)Nc2ccccc2C(=O)N[C@@H](C)c2ccccc2)S(=O)(=O)c2ccc(F)cc2)cc1. The average Bonchev–Trinajstić information content (AvgIpc) is 2.97. The number of amides is 2. The highest BCUT2D eigenvalue weighted by Crippen LogP contribution is 2.26. The number of hydrogen-bond acceptors (Lipinski definition) is 5. The van der Waals surface area contributed by atoms with E-state index < -0.39 is 34.2 Å². The van der Waals surface area contributed by atoms with Crippen molar-refractivity contribution in [2.24, 2.45) is 0 Å². The monoisotopic (exact) mass is 561 g/mol. The quantitative estimate of drug-likeness (QED) is 0.278. The third-order valence-electron chi connectivity index (χ3n) is 6.14. The highest BCUT2D eigenvalue weighted by molar-refractivity contribution is 7.92. The number of nitrogens with one attached hydrogen (secondary N) is 2. The van der Waals surface area contributed by atoms with E-state index in [1.807, 2.05) is 37.3 Å². The van der Waals surface area contributed by atoms with Crippen LogP contribution in [0, 0.1) is 5.82 Å². The number of hydrogen-bond donors (Lipinski definition) is 2. The maximum Gasteiger partial charge on any atom is 0.264 e. The lowest BCUT2D eigenvalue weighted by atomic mass is 10.1. The normalized spacial score (nSPS) is 11.8. The second-order valence-electron chi connectivity index (χ2n) is 8.86. The smallest absolute Gasteiger partial charge is 0.264 e. The zero-order valence-electron chi connectivity index (χ0n) is 21.9. The van der Waals surface area contributed by atoms with Crippen molar-refractivity contribution in [2.45, 2.75) is 17.9 Å². The Labute approximate surface area is 232 Å². The van der Waals surface area contributed by atoms with Crippen molar-refractivity contribution < 1.29 is 27.1 Å². The highest BCUT2D eigenvalue weighted by Gasteiger charge is 2.28. The Bertz CT molecular complexity index is 1580. The predicted octanol–water partition coefficient (Wildman–Crippen LogP) is 5.16. The number of anilines is 2. The Balaban J connectivity index is 1.58. The summed E-state index contributed by atoms with van der Waals surface area (Å²) in [5.41, 5.74) is 1.55. The van der Waals surface area contributed by atoms with E-state index in [2.05, 4.69) is 10.6 Å². The first-order valence-electron chi connectivity index (χ1n) is 12.4. The molecule has 2 amide bonds. The van der Waals surface area contributed by atoms with Gasteiger partial charge in [-0.05, 0) is 73.2 Å². The Morgan fingerprint density at radius 3 is 2.15 bits per heavy atom. The molecular weight excluding hydrogens is 533 g/mol. The molecule has 4 aromatic carbocycles. The fourth-order valence-corrected chi connectivity index (χ4v) is 5.43. The van der Waals surface area contributed by atoms with Gasteiger partial charge in [0.15, 0.2) is 0 Å². The van der Waals surface area contributed by atoms with Crippen molar-refractivity contribution in [1.29, 1.82) is 0 Å². The minimum Gasteiger partial charge on any atom is -0.497 e. The van der Waals surface area contributed by atoms with E-state index in [-0.39, 0.29) is 27.9 Å². The summed E-state index contributed by atoms with van der Waals surface area (Å²) in [6.07, 6.45) is 0. The van der Waals surface area contributed by atoms with E-state index in [0.29, 0.717) is 5.75 Å². The average molecular weight is 562 g/mol. The van der Waals surface area contributed by atoms with E-state index in [1.54, 1.807) is 36.4 Å². The van der Waals surface area contributed by atoms with Crippen LogP contribution in [0.2, 0.25) is 0 Å².